The van der Waals surface area contributed by atoms with E-state index in [-0.39, 0.29) is 5.75 Å². The zero-order chi connectivity index (χ0) is 11.5. The molecule has 0 radical (unpaired) electrons. The Morgan fingerprint density at radius 2 is 2.06 bits per heavy atom. The van der Waals surface area contributed by atoms with E-state index in [1.807, 2.05) is 0 Å². The summed E-state index contributed by atoms with van der Waals surface area (Å²) >= 11 is 5.76. The largest absolute Gasteiger partial charge is 0.494 e. The van der Waals surface area contributed by atoms with Gasteiger partial charge in [-0.25, -0.2) is 9.37 Å². The number of pyridine rings is 1. The van der Waals surface area contributed by atoms with Gasteiger partial charge in [0.1, 0.15) is 5.15 Å². The number of rotatable bonds is 2. The molecule has 16 heavy (non-hydrogen) atoms. The molecule has 1 aromatic heterocycles. The molecule has 2 aromatic rings. The average Bonchev–Trinajstić information content (AvgIpc) is 2.29. The third-order valence-electron chi connectivity index (χ3n) is 2.16. The molecule has 0 saturated carbocycles. The first-order valence-corrected chi connectivity index (χ1v) is 5.05. The predicted molar refractivity (Wildman–Crippen MR) is 61.2 cm³/mol. The van der Waals surface area contributed by atoms with Crippen molar-refractivity contribution in [3.05, 3.63) is 47.4 Å². The van der Waals surface area contributed by atoms with Crippen molar-refractivity contribution in [2.24, 2.45) is 0 Å². The molecule has 1 aromatic carbocycles. The average molecular weight is 238 g/mol. The van der Waals surface area contributed by atoms with Gasteiger partial charge in [0.15, 0.2) is 11.6 Å². The van der Waals surface area contributed by atoms with E-state index in [1.54, 1.807) is 30.3 Å². The van der Waals surface area contributed by atoms with Crippen molar-refractivity contribution in [1.82, 2.24) is 4.98 Å². The van der Waals surface area contributed by atoms with Crippen LogP contribution in [0.25, 0.3) is 11.3 Å². The van der Waals surface area contributed by atoms with Crippen molar-refractivity contribution in [3.8, 4) is 17.0 Å². The van der Waals surface area contributed by atoms with E-state index >= 15 is 0 Å². The maximum Gasteiger partial charge on any atom is 0.165 e. The molecular formula is C12H9ClFNO. The van der Waals surface area contributed by atoms with Gasteiger partial charge in [0.25, 0.3) is 0 Å². The molecule has 0 aliphatic heterocycles. The van der Waals surface area contributed by atoms with E-state index in [2.05, 4.69) is 4.98 Å². The van der Waals surface area contributed by atoms with Crippen molar-refractivity contribution in [2.45, 2.75) is 0 Å². The summed E-state index contributed by atoms with van der Waals surface area (Å²) in [4.78, 5) is 4.10. The minimum absolute atomic E-state index is 0.214. The van der Waals surface area contributed by atoms with Crippen LogP contribution in [-0.2, 0) is 0 Å². The Labute approximate surface area is 97.7 Å². The SMILES string of the molecule is COc1ccc(-c2cccc(Cl)n2)cc1F. The highest BCUT2D eigenvalue weighted by atomic mass is 35.5. The number of methoxy groups -OCH3 is 1. The lowest BCUT2D eigenvalue weighted by molar-refractivity contribution is 0.386. The van der Waals surface area contributed by atoms with Crippen LogP contribution < -0.4 is 4.74 Å². The summed E-state index contributed by atoms with van der Waals surface area (Å²) in [7, 11) is 1.43. The highest BCUT2D eigenvalue weighted by molar-refractivity contribution is 6.29. The number of benzene rings is 1. The van der Waals surface area contributed by atoms with Crippen LogP contribution in [0.1, 0.15) is 0 Å². The number of nitrogens with zero attached hydrogens (tertiary/aromatic N) is 1. The summed E-state index contributed by atoms with van der Waals surface area (Å²) in [6.45, 7) is 0. The first kappa shape index (κ1) is 10.9. The van der Waals surface area contributed by atoms with E-state index in [9.17, 15) is 4.39 Å². The fraction of sp³-hybridized carbons (Fsp3) is 0.0833. The smallest absolute Gasteiger partial charge is 0.165 e. The summed E-state index contributed by atoms with van der Waals surface area (Å²) in [5.74, 6) is -0.201. The van der Waals surface area contributed by atoms with Gasteiger partial charge in [-0.2, -0.15) is 0 Å². The minimum Gasteiger partial charge on any atom is -0.494 e. The third kappa shape index (κ3) is 2.14. The molecule has 0 aliphatic carbocycles. The van der Waals surface area contributed by atoms with Crippen LogP contribution in [0.3, 0.4) is 0 Å². The summed E-state index contributed by atoms with van der Waals surface area (Å²) < 4.78 is 18.3. The highest BCUT2D eigenvalue weighted by Gasteiger charge is 2.06. The van der Waals surface area contributed by atoms with Gasteiger partial charge in [0.05, 0.1) is 12.8 Å². The van der Waals surface area contributed by atoms with Gasteiger partial charge >= 0.3 is 0 Å². The van der Waals surface area contributed by atoms with Crippen LogP contribution in [0, 0.1) is 5.82 Å². The lowest BCUT2D eigenvalue weighted by Gasteiger charge is -2.04. The second-order valence-electron chi connectivity index (χ2n) is 3.19. The van der Waals surface area contributed by atoms with E-state index < -0.39 is 5.82 Å². The van der Waals surface area contributed by atoms with Crippen molar-refractivity contribution in [3.63, 3.8) is 0 Å². The summed E-state index contributed by atoms with van der Waals surface area (Å²) in [5.41, 5.74) is 1.30. The molecule has 0 fully saturated rings. The van der Waals surface area contributed by atoms with Gasteiger partial charge in [-0.05, 0) is 30.3 Å². The van der Waals surface area contributed by atoms with Gasteiger partial charge in [0.2, 0.25) is 0 Å². The molecule has 0 bridgehead atoms. The van der Waals surface area contributed by atoms with E-state index in [1.165, 1.54) is 13.2 Å². The lowest BCUT2D eigenvalue weighted by Crippen LogP contribution is -1.89. The molecule has 0 unspecified atom stereocenters. The predicted octanol–water partition coefficient (Wildman–Crippen LogP) is 3.55. The fourth-order valence-electron chi connectivity index (χ4n) is 1.39. The summed E-state index contributed by atoms with van der Waals surface area (Å²) in [6, 6.07) is 9.89. The van der Waals surface area contributed by atoms with Crippen molar-refractivity contribution < 1.29 is 9.13 Å². The monoisotopic (exact) mass is 237 g/mol. The zero-order valence-electron chi connectivity index (χ0n) is 8.58. The lowest BCUT2D eigenvalue weighted by atomic mass is 10.1. The van der Waals surface area contributed by atoms with Crippen LogP contribution in [0.4, 0.5) is 4.39 Å². The number of aromatic nitrogens is 1. The van der Waals surface area contributed by atoms with Crippen molar-refractivity contribution >= 4 is 11.6 Å². The quantitative estimate of drug-likeness (QED) is 0.746. The molecule has 0 N–H and O–H groups in total. The first-order chi connectivity index (χ1) is 7.70. The zero-order valence-corrected chi connectivity index (χ0v) is 9.33. The molecule has 0 aliphatic rings. The number of hydrogen-bond donors (Lipinski definition) is 0. The van der Waals surface area contributed by atoms with Crippen LogP contribution >= 0.6 is 11.6 Å². The van der Waals surface area contributed by atoms with Crippen LogP contribution in [0.2, 0.25) is 5.15 Å². The number of ether oxygens (including phenoxy) is 1. The van der Waals surface area contributed by atoms with Gasteiger partial charge in [-0.3, -0.25) is 0 Å². The van der Waals surface area contributed by atoms with Crippen LogP contribution in [0.5, 0.6) is 5.75 Å². The molecular weight excluding hydrogens is 229 g/mol. The second-order valence-corrected chi connectivity index (χ2v) is 3.58. The summed E-state index contributed by atoms with van der Waals surface area (Å²) in [6.07, 6.45) is 0. The van der Waals surface area contributed by atoms with Crippen molar-refractivity contribution in [1.29, 1.82) is 0 Å². The Morgan fingerprint density at radius 1 is 1.25 bits per heavy atom. The van der Waals surface area contributed by atoms with Gasteiger partial charge in [-0.15, -0.1) is 0 Å². The molecule has 0 saturated heterocycles. The third-order valence-corrected chi connectivity index (χ3v) is 2.37. The molecule has 0 amide bonds. The topological polar surface area (TPSA) is 22.1 Å². The van der Waals surface area contributed by atoms with E-state index in [0.717, 1.165) is 0 Å². The molecule has 4 heteroatoms. The number of halogens is 2. The molecule has 0 atom stereocenters. The molecule has 82 valence electrons. The maximum absolute atomic E-state index is 13.5. The highest BCUT2D eigenvalue weighted by Crippen LogP contribution is 2.24. The van der Waals surface area contributed by atoms with E-state index in [0.29, 0.717) is 16.4 Å². The van der Waals surface area contributed by atoms with Gasteiger partial charge in [0, 0.05) is 5.56 Å². The Kier molecular flexibility index (Phi) is 3.06. The Hall–Kier alpha value is -1.61. The Balaban J connectivity index is 2.45. The summed E-state index contributed by atoms with van der Waals surface area (Å²) in [5, 5.41) is 0.383. The first-order valence-electron chi connectivity index (χ1n) is 4.67. The maximum atomic E-state index is 13.5. The van der Waals surface area contributed by atoms with Gasteiger partial charge in [-0.1, -0.05) is 17.7 Å². The van der Waals surface area contributed by atoms with Crippen LogP contribution in [-0.4, -0.2) is 12.1 Å². The van der Waals surface area contributed by atoms with Gasteiger partial charge < -0.3 is 4.74 Å². The minimum atomic E-state index is -0.415. The van der Waals surface area contributed by atoms with Crippen LogP contribution in [0.15, 0.2) is 36.4 Å². The molecule has 2 rings (SSSR count). The Bertz CT molecular complexity index is 516. The Morgan fingerprint density at radius 3 is 2.69 bits per heavy atom. The fourth-order valence-corrected chi connectivity index (χ4v) is 1.56. The van der Waals surface area contributed by atoms with Crippen molar-refractivity contribution in [2.75, 3.05) is 7.11 Å². The normalized spacial score (nSPS) is 10.2. The molecule has 1 heterocycles. The molecule has 0 spiro atoms. The molecule has 2 nitrogen and oxygen atoms in total. The van der Waals surface area contributed by atoms with E-state index in [4.69, 9.17) is 16.3 Å². The standard InChI is InChI=1S/C12H9ClFNO/c1-16-11-6-5-8(7-9(11)14)10-3-2-4-12(13)15-10/h2-7H,1H3. The second kappa shape index (κ2) is 4.49. The number of hydrogen-bond acceptors (Lipinski definition) is 2.